The van der Waals surface area contributed by atoms with Gasteiger partial charge in [-0.15, -0.1) is 0 Å². The standard InChI is InChI=1S/C11H12N2O2/c1-5-3-8(12)10-7(6(5)2)4-9(13-10)11(14)15/h3-4,13H,12H2,1-2H3,(H,14,15). The van der Waals surface area contributed by atoms with Gasteiger partial charge in [-0.2, -0.15) is 0 Å². The maximum absolute atomic E-state index is 10.8. The van der Waals surface area contributed by atoms with Crippen molar-refractivity contribution in [2.75, 3.05) is 5.73 Å². The fourth-order valence-electron chi connectivity index (χ4n) is 1.72. The number of aryl methyl sites for hydroxylation is 2. The smallest absolute Gasteiger partial charge is 0.352 e. The number of benzene rings is 1. The molecule has 0 bridgehead atoms. The summed E-state index contributed by atoms with van der Waals surface area (Å²) in [7, 11) is 0. The van der Waals surface area contributed by atoms with Gasteiger partial charge < -0.3 is 15.8 Å². The van der Waals surface area contributed by atoms with E-state index in [1.807, 2.05) is 19.9 Å². The number of hydrogen-bond acceptors (Lipinski definition) is 2. The first kappa shape index (κ1) is 9.58. The monoisotopic (exact) mass is 204 g/mol. The lowest BCUT2D eigenvalue weighted by molar-refractivity contribution is 0.0691. The van der Waals surface area contributed by atoms with E-state index in [-0.39, 0.29) is 5.69 Å². The van der Waals surface area contributed by atoms with Crippen LogP contribution in [0.1, 0.15) is 21.6 Å². The number of nitrogen functional groups attached to an aromatic ring is 1. The number of aromatic carboxylic acids is 1. The number of nitrogens with one attached hydrogen (secondary N) is 1. The minimum absolute atomic E-state index is 0.172. The van der Waals surface area contributed by atoms with Crippen LogP contribution < -0.4 is 5.73 Å². The molecule has 0 fully saturated rings. The van der Waals surface area contributed by atoms with Gasteiger partial charge in [0.15, 0.2) is 0 Å². The van der Waals surface area contributed by atoms with Crippen LogP contribution in [0, 0.1) is 13.8 Å². The summed E-state index contributed by atoms with van der Waals surface area (Å²) in [4.78, 5) is 13.6. The van der Waals surface area contributed by atoms with Gasteiger partial charge in [0.25, 0.3) is 0 Å². The van der Waals surface area contributed by atoms with Crippen LogP contribution in [0.3, 0.4) is 0 Å². The lowest BCUT2D eigenvalue weighted by Gasteiger charge is -2.03. The zero-order valence-electron chi connectivity index (χ0n) is 8.59. The zero-order chi connectivity index (χ0) is 11.2. The lowest BCUT2D eigenvalue weighted by Crippen LogP contribution is -1.95. The second kappa shape index (κ2) is 3.02. The van der Waals surface area contributed by atoms with E-state index in [0.29, 0.717) is 11.2 Å². The summed E-state index contributed by atoms with van der Waals surface area (Å²) in [6, 6.07) is 3.47. The highest BCUT2D eigenvalue weighted by Crippen LogP contribution is 2.27. The van der Waals surface area contributed by atoms with Gasteiger partial charge >= 0.3 is 5.97 Å². The van der Waals surface area contributed by atoms with E-state index in [1.54, 1.807) is 6.07 Å². The highest BCUT2D eigenvalue weighted by atomic mass is 16.4. The number of nitrogens with two attached hydrogens (primary N) is 1. The largest absolute Gasteiger partial charge is 0.477 e. The minimum atomic E-state index is -0.970. The summed E-state index contributed by atoms with van der Waals surface area (Å²) in [5.74, 6) is -0.970. The first-order valence-corrected chi connectivity index (χ1v) is 4.62. The molecule has 4 nitrogen and oxygen atoms in total. The minimum Gasteiger partial charge on any atom is -0.477 e. The first-order chi connectivity index (χ1) is 7.00. The average molecular weight is 204 g/mol. The SMILES string of the molecule is Cc1cc(N)c2[nH]c(C(=O)O)cc2c1C. The molecule has 2 rings (SSSR count). The molecule has 0 aliphatic rings. The molecule has 0 radical (unpaired) electrons. The van der Waals surface area contributed by atoms with Crippen molar-refractivity contribution in [1.82, 2.24) is 4.98 Å². The van der Waals surface area contributed by atoms with Crippen LogP contribution in [0.25, 0.3) is 10.9 Å². The molecule has 78 valence electrons. The van der Waals surface area contributed by atoms with Gasteiger partial charge in [-0.3, -0.25) is 0 Å². The number of aromatic nitrogens is 1. The molecule has 0 saturated heterocycles. The van der Waals surface area contributed by atoms with Crippen molar-refractivity contribution in [1.29, 1.82) is 0 Å². The summed E-state index contributed by atoms with van der Waals surface area (Å²) in [5, 5.41) is 9.74. The second-order valence-corrected chi connectivity index (χ2v) is 3.68. The number of hydrogen-bond donors (Lipinski definition) is 3. The molecular weight excluding hydrogens is 192 g/mol. The maximum atomic E-state index is 10.8. The van der Waals surface area contributed by atoms with Crippen molar-refractivity contribution in [2.45, 2.75) is 13.8 Å². The van der Waals surface area contributed by atoms with Crippen LogP contribution in [0.2, 0.25) is 0 Å². The van der Waals surface area contributed by atoms with Crippen LogP contribution in [0.5, 0.6) is 0 Å². The third-order valence-corrected chi connectivity index (χ3v) is 2.70. The summed E-state index contributed by atoms with van der Waals surface area (Å²) in [6.07, 6.45) is 0. The normalized spacial score (nSPS) is 10.8. The van der Waals surface area contributed by atoms with Crippen LogP contribution in [0.15, 0.2) is 12.1 Å². The van der Waals surface area contributed by atoms with Crippen LogP contribution in [0.4, 0.5) is 5.69 Å². The highest BCUT2D eigenvalue weighted by Gasteiger charge is 2.12. The molecule has 0 saturated carbocycles. The Morgan fingerprint density at radius 3 is 2.67 bits per heavy atom. The van der Waals surface area contributed by atoms with Crippen LogP contribution in [-0.2, 0) is 0 Å². The van der Waals surface area contributed by atoms with E-state index in [0.717, 1.165) is 16.5 Å². The summed E-state index contributed by atoms with van der Waals surface area (Å²) in [5.41, 5.74) is 9.40. The van der Waals surface area contributed by atoms with Gasteiger partial charge in [0.2, 0.25) is 0 Å². The Hall–Kier alpha value is -1.97. The first-order valence-electron chi connectivity index (χ1n) is 4.62. The Labute approximate surface area is 86.7 Å². The van der Waals surface area contributed by atoms with Crippen molar-refractivity contribution < 1.29 is 9.90 Å². The number of carbonyl (C=O) groups is 1. The second-order valence-electron chi connectivity index (χ2n) is 3.68. The molecule has 4 N–H and O–H groups in total. The van der Waals surface area contributed by atoms with Gasteiger partial charge in [-0.1, -0.05) is 0 Å². The van der Waals surface area contributed by atoms with Gasteiger partial charge in [-0.05, 0) is 37.1 Å². The quantitative estimate of drug-likeness (QED) is 0.622. The lowest BCUT2D eigenvalue weighted by atomic mass is 10.0. The van der Waals surface area contributed by atoms with E-state index >= 15 is 0 Å². The number of carboxylic acids is 1. The molecule has 1 aromatic heterocycles. The molecule has 15 heavy (non-hydrogen) atoms. The molecule has 0 unspecified atom stereocenters. The predicted molar refractivity (Wildman–Crippen MR) is 59.1 cm³/mol. The van der Waals surface area contributed by atoms with E-state index in [2.05, 4.69) is 4.98 Å². The van der Waals surface area contributed by atoms with Crippen molar-refractivity contribution in [3.05, 3.63) is 29.0 Å². The highest BCUT2D eigenvalue weighted by molar-refractivity contribution is 6.00. The van der Waals surface area contributed by atoms with Crippen molar-refractivity contribution in [3.63, 3.8) is 0 Å². The van der Waals surface area contributed by atoms with Crippen LogP contribution in [-0.4, -0.2) is 16.1 Å². The fraction of sp³-hybridized carbons (Fsp3) is 0.182. The molecule has 4 heteroatoms. The molecule has 1 heterocycles. The molecule has 0 spiro atoms. The predicted octanol–water partition coefficient (Wildman–Crippen LogP) is 2.07. The molecule has 1 aromatic carbocycles. The average Bonchev–Trinajstić information content (AvgIpc) is 2.59. The van der Waals surface area contributed by atoms with Crippen molar-refractivity contribution >= 4 is 22.6 Å². The zero-order valence-corrected chi connectivity index (χ0v) is 8.59. The van der Waals surface area contributed by atoms with Gasteiger partial charge in [0, 0.05) is 5.39 Å². The summed E-state index contributed by atoms with van der Waals surface area (Å²) >= 11 is 0. The van der Waals surface area contributed by atoms with Crippen LogP contribution >= 0.6 is 0 Å². The Bertz CT molecular complexity index is 555. The Morgan fingerprint density at radius 1 is 1.40 bits per heavy atom. The molecule has 0 amide bonds. The Kier molecular flexibility index (Phi) is 1.93. The maximum Gasteiger partial charge on any atom is 0.352 e. The number of aromatic amines is 1. The van der Waals surface area contributed by atoms with Gasteiger partial charge in [0.1, 0.15) is 5.69 Å². The Balaban J connectivity index is 2.85. The van der Waals surface area contributed by atoms with E-state index in [1.165, 1.54) is 0 Å². The molecular formula is C11H12N2O2. The number of fused-ring (bicyclic) bond motifs is 1. The van der Waals surface area contributed by atoms with Gasteiger partial charge in [0.05, 0.1) is 11.2 Å². The third-order valence-electron chi connectivity index (χ3n) is 2.70. The van der Waals surface area contributed by atoms with E-state index in [9.17, 15) is 4.79 Å². The van der Waals surface area contributed by atoms with Crippen molar-refractivity contribution in [2.24, 2.45) is 0 Å². The van der Waals surface area contributed by atoms with E-state index in [4.69, 9.17) is 10.8 Å². The van der Waals surface area contributed by atoms with Gasteiger partial charge in [-0.25, -0.2) is 4.79 Å². The third kappa shape index (κ3) is 1.34. The molecule has 0 aliphatic carbocycles. The molecule has 0 atom stereocenters. The Morgan fingerprint density at radius 2 is 2.07 bits per heavy atom. The summed E-state index contributed by atoms with van der Waals surface area (Å²) < 4.78 is 0. The number of rotatable bonds is 1. The summed E-state index contributed by atoms with van der Waals surface area (Å²) in [6.45, 7) is 3.91. The van der Waals surface area contributed by atoms with Crippen molar-refractivity contribution in [3.8, 4) is 0 Å². The number of anilines is 1. The van der Waals surface area contributed by atoms with E-state index < -0.39 is 5.97 Å². The fourth-order valence-corrected chi connectivity index (χ4v) is 1.72. The number of carboxylic acid groups (broad SMARTS) is 1. The molecule has 0 aliphatic heterocycles. The topological polar surface area (TPSA) is 79.1 Å². The molecule has 2 aromatic rings. The number of H-pyrrole nitrogens is 1.